The zero-order chi connectivity index (χ0) is 20.1. The van der Waals surface area contributed by atoms with Gasteiger partial charge in [0.1, 0.15) is 6.61 Å². The number of hydrogen-bond acceptors (Lipinski definition) is 5. The fourth-order valence-electron chi connectivity index (χ4n) is 3.34. The lowest BCUT2D eigenvalue weighted by molar-refractivity contribution is 0.0949. The molecule has 148 valence electrons. The van der Waals surface area contributed by atoms with Gasteiger partial charge in [0.05, 0.1) is 13.3 Å². The molecule has 3 aromatic rings. The summed E-state index contributed by atoms with van der Waals surface area (Å²) in [6, 6.07) is 15.4. The van der Waals surface area contributed by atoms with Crippen LogP contribution in [-0.2, 0) is 19.4 Å². The zero-order valence-electron chi connectivity index (χ0n) is 16.1. The van der Waals surface area contributed by atoms with Crippen LogP contribution in [0.15, 0.2) is 53.6 Å². The lowest BCUT2D eigenvalue weighted by atomic mass is 10.2. The normalized spacial score (nSPS) is 12.7. The molecule has 2 N–H and O–H groups in total. The highest BCUT2D eigenvalue weighted by atomic mass is 16.5. The first-order valence-electron chi connectivity index (χ1n) is 9.49. The number of H-pyrrole nitrogens is 1. The average molecular weight is 390 g/mol. The van der Waals surface area contributed by atoms with Gasteiger partial charge in [0.25, 0.3) is 5.91 Å². The average Bonchev–Trinajstić information content (AvgIpc) is 3.37. The summed E-state index contributed by atoms with van der Waals surface area (Å²) in [5.74, 6) is 0.932. The Balaban J connectivity index is 1.38. The first-order valence-corrected chi connectivity index (χ1v) is 9.49. The van der Waals surface area contributed by atoms with Crippen molar-refractivity contribution < 1.29 is 14.3 Å². The number of fused-ring (bicyclic) bond motifs is 1. The third-order valence-electron chi connectivity index (χ3n) is 4.83. The maximum Gasteiger partial charge on any atom is 0.292 e. The fraction of sp³-hybridized carbons (Fsp3) is 0.227. The molecule has 29 heavy (non-hydrogen) atoms. The Morgan fingerprint density at radius 2 is 2.07 bits per heavy atom. The molecule has 0 atom stereocenters. The van der Waals surface area contributed by atoms with Crippen LogP contribution in [0.25, 0.3) is 0 Å². The van der Waals surface area contributed by atoms with E-state index in [0.29, 0.717) is 23.8 Å². The van der Waals surface area contributed by atoms with E-state index in [1.54, 1.807) is 13.3 Å². The van der Waals surface area contributed by atoms with Gasteiger partial charge in [0.15, 0.2) is 17.2 Å². The molecule has 0 radical (unpaired) electrons. The quantitative estimate of drug-likeness (QED) is 0.479. The lowest BCUT2D eigenvalue weighted by Crippen LogP contribution is -2.19. The number of rotatable bonds is 7. The highest BCUT2D eigenvalue weighted by Crippen LogP contribution is 2.28. The van der Waals surface area contributed by atoms with Crippen LogP contribution in [0.1, 0.15) is 39.3 Å². The molecule has 0 saturated heterocycles. The molecule has 0 aliphatic heterocycles. The van der Waals surface area contributed by atoms with Crippen molar-refractivity contribution in [3.05, 3.63) is 76.6 Å². The van der Waals surface area contributed by atoms with E-state index in [4.69, 9.17) is 9.47 Å². The Hall–Kier alpha value is -3.61. The summed E-state index contributed by atoms with van der Waals surface area (Å²) in [5.41, 5.74) is 6.87. The van der Waals surface area contributed by atoms with Gasteiger partial charge >= 0.3 is 0 Å². The van der Waals surface area contributed by atoms with Gasteiger partial charge in [0, 0.05) is 11.3 Å². The molecule has 7 nitrogen and oxygen atoms in total. The number of hydrogen-bond donors (Lipinski definition) is 2. The maximum absolute atomic E-state index is 12.3. The minimum Gasteiger partial charge on any atom is -0.493 e. The van der Waals surface area contributed by atoms with Crippen molar-refractivity contribution >= 4 is 12.1 Å². The Morgan fingerprint density at radius 1 is 1.21 bits per heavy atom. The van der Waals surface area contributed by atoms with E-state index in [0.717, 1.165) is 41.6 Å². The predicted molar refractivity (Wildman–Crippen MR) is 109 cm³/mol. The monoisotopic (exact) mass is 390 g/mol. The molecule has 1 aliphatic carbocycles. The van der Waals surface area contributed by atoms with Crippen molar-refractivity contribution in [2.24, 2.45) is 5.10 Å². The highest BCUT2D eigenvalue weighted by Gasteiger charge is 2.22. The van der Waals surface area contributed by atoms with Crippen LogP contribution < -0.4 is 14.9 Å². The molecule has 0 spiro atoms. The number of amides is 1. The van der Waals surface area contributed by atoms with Crippen LogP contribution >= 0.6 is 0 Å². The van der Waals surface area contributed by atoms with Gasteiger partial charge in [-0.25, -0.2) is 5.43 Å². The second-order valence-electron chi connectivity index (χ2n) is 6.77. The summed E-state index contributed by atoms with van der Waals surface area (Å²) in [6.45, 7) is 0.453. The number of nitrogens with one attached hydrogen (secondary N) is 2. The Labute approximate surface area is 168 Å². The molecular weight excluding hydrogens is 368 g/mol. The highest BCUT2D eigenvalue weighted by molar-refractivity contribution is 5.94. The second kappa shape index (κ2) is 8.60. The predicted octanol–water partition coefficient (Wildman–Crippen LogP) is 3.25. The van der Waals surface area contributed by atoms with Gasteiger partial charge in [0.2, 0.25) is 0 Å². The number of aryl methyl sites for hydroxylation is 1. The molecule has 0 unspecified atom stereocenters. The molecule has 1 aromatic heterocycles. The third-order valence-corrected chi connectivity index (χ3v) is 4.83. The summed E-state index contributed by atoms with van der Waals surface area (Å²) in [4.78, 5) is 12.3. The van der Waals surface area contributed by atoms with E-state index in [-0.39, 0.29) is 5.91 Å². The van der Waals surface area contributed by atoms with Crippen molar-refractivity contribution in [3.8, 4) is 11.5 Å². The van der Waals surface area contributed by atoms with Gasteiger partial charge in [-0.3, -0.25) is 9.89 Å². The Kier molecular flexibility index (Phi) is 5.56. The summed E-state index contributed by atoms with van der Waals surface area (Å²) < 4.78 is 11.3. The first kappa shape index (κ1) is 18.7. The van der Waals surface area contributed by atoms with Gasteiger partial charge < -0.3 is 9.47 Å². The summed E-state index contributed by atoms with van der Waals surface area (Å²) in [7, 11) is 1.59. The molecule has 0 bridgehead atoms. The molecular formula is C22H22N4O3. The van der Waals surface area contributed by atoms with Crippen LogP contribution in [-0.4, -0.2) is 29.4 Å². The van der Waals surface area contributed by atoms with E-state index < -0.39 is 0 Å². The number of methoxy groups -OCH3 is 1. The largest absolute Gasteiger partial charge is 0.493 e. The van der Waals surface area contributed by atoms with Gasteiger partial charge in [-0.2, -0.15) is 10.2 Å². The third kappa shape index (κ3) is 4.29. The minimum atomic E-state index is -0.310. The summed E-state index contributed by atoms with van der Waals surface area (Å²) >= 11 is 0. The van der Waals surface area contributed by atoms with E-state index in [9.17, 15) is 4.79 Å². The van der Waals surface area contributed by atoms with Crippen LogP contribution in [0, 0.1) is 0 Å². The number of aromatic amines is 1. The second-order valence-corrected chi connectivity index (χ2v) is 6.77. The van der Waals surface area contributed by atoms with Crippen molar-refractivity contribution in [1.82, 2.24) is 15.6 Å². The number of carbonyl (C=O) groups excluding carboxylic acids is 1. The molecule has 0 fully saturated rings. The minimum absolute atomic E-state index is 0.310. The van der Waals surface area contributed by atoms with E-state index >= 15 is 0 Å². The zero-order valence-corrected chi connectivity index (χ0v) is 16.1. The number of ether oxygens (including phenoxy) is 2. The fourth-order valence-corrected chi connectivity index (χ4v) is 3.34. The molecule has 1 amide bonds. The van der Waals surface area contributed by atoms with Gasteiger partial charge in [-0.15, -0.1) is 0 Å². The molecule has 7 heteroatoms. The molecule has 0 saturated carbocycles. The topological polar surface area (TPSA) is 88.6 Å². The molecule has 1 heterocycles. The number of benzene rings is 2. The molecule has 4 rings (SSSR count). The van der Waals surface area contributed by atoms with Gasteiger partial charge in [-0.1, -0.05) is 30.3 Å². The van der Waals surface area contributed by atoms with Gasteiger partial charge in [-0.05, 0) is 48.6 Å². The van der Waals surface area contributed by atoms with Crippen molar-refractivity contribution in [2.45, 2.75) is 25.9 Å². The number of carbonyl (C=O) groups is 1. The number of hydrazone groups is 1. The van der Waals surface area contributed by atoms with Crippen LogP contribution in [0.2, 0.25) is 0 Å². The SMILES string of the molecule is COc1cc(/C=N\NC(=O)c2n[nH]c3c2CCC3)ccc1OCc1ccccc1. The smallest absolute Gasteiger partial charge is 0.292 e. The van der Waals surface area contributed by atoms with Crippen molar-refractivity contribution in [1.29, 1.82) is 0 Å². The summed E-state index contributed by atoms with van der Waals surface area (Å²) in [5, 5.41) is 11.1. The standard InChI is InChI=1S/C22H22N4O3/c1-28-20-12-16(10-11-19(20)29-14-15-6-3-2-4-7-15)13-23-26-22(27)21-17-8-5-9-18(17)24-25-21/h2-4,6-7,10-13H,5,8-9,14H2,1H3,(H,24,25)(H,26,27)/b23-13-. The van der Waals surface area contributed by atoms with Crippen LogP contribution in [0.3, 0.4) is 0 Å². The maximum atomic E-state index is 12.3. The summed E-state index contributed by atoms with van der Waals surface area (Å²) in [6.07, 6.45) is 4.43. The Bertz CT molecular complexity index is 1030. The first-order chi connectivity index (χ1) is 14.2. The van der Waals surface area contributed by atoms with Crippen molar-refractivity contribution in [3.63, 3.8) is 0 Å². The number of aromatic nitrogens is 2. The number of nitrogens with zero attached hydrogens (tertiary/aromatic N) is 2. The van der Waals surface area contributed by atoms with E-state index in [1.165, 1.54) is 0 Å². The Morgan fingerprint density at radius 3 is 2.90 bits per heavy atom. The van der Waals surface area contributed by atoms with E-state index in [1.807, 2.05) is 48.5 Å². The van der Waals surface area contributed by atoms with Crippen LogP contribution in [0.5, 0.6) is 11.5 Å². The van der Waals surface area contributed by atoms with Crippen LogP contribution in [0.4, 0.5) is 0 Å². The van der Waals surface area contributed by atoms with Crippen molar-refractivity contribution in [2.75, 3.05) is 7.11 Å². The molecule has 2 aromatic carbocycles. The lowest BCUT2D eigenvalue weighted by Gasteiger charge is -2.11. The van der Waals surface area contributed by atoms with E-state index in [2.05, 4.69) is 20.7 Å². The molecule has 1 aliphatic rings.